The van der Waals surface area contributed by atoms with E-state index in [1.807, 2.05) is 6.92 Å². The van der Waals surface area contributed by atoms with Gasteiger partial charge in [-0.15, -0.1) is 0 Å². The normalized spacial score (nSPS) is 11.4. The van der Waals surface area contributed by atoms with Gasteiger partial charge in [0, 0.05) is 0 Å². The van der Waals surface area contributed by atoms with Gasteiger partial charge in [0.1, 0.15) is 10.1 Å². The average molecular weight is 327 g/mol. The van der Waals surface area contributed by atoms with Gasteiger partial charge in [-0.1, -0.05) is 24.3 Å². The summed E-state index contributed by atoms with van der Waals surface area (Å²) >= 11 is 0. The summed E-state index contributed by atoms with van der Waals surface area (Å²) in [6.45, 7) is 8.06. The molecule has 0 aliphatic rings. The zero-order valence-corrected chi connectivity index (χ0v) is 14.7. The Bertz CT molecular complexity index is 611. The molecule has 1 aromatic rings. The van der Waals surface area contributed by atoms with Crippen molar-refractivity contribution in [1.29, 1.82) is 0 Å². The van der Waals surface area contributed by atoms with E-state index in [0.29, 0.717) is 12.0 Å². The fourth-order valence-corrected chi connectivity index (χ4v) is 1.82. The molecule has 6 heteroatoms. The standard InChI is InChI=1S/C9H18NO.C7H8O3S/c1-8(2)9(11)6-7-10(3,4)5;1-6-2-4-7(5-3-6)11(8,9)10/h1,6-7H2,2-5H3;2-5H,1H3,(H,8,9,10)/q+1;/p-1. The first kappa shape index (κ1) is 20.5. The minimum absolute atomic E-state index is 0.178. The number of allylic oxidation sites excluding steroid dienone is 1. The quantitative estimate of drug-likeness (QED) is 0.472. The molecule has 0 amide bonds. The number of nitrogens with zero attached hydrogens (tertiary/aromatic N) is 1. The van der Waals surface area contributed by atoms with E-state index in [0.717, 1.165) is 16.6 Å². The van der Waals surface area contributed by atoms with Crippen LogP contribution in [0.5, 0.6) is 0 Å². The van der Waals surface area contributed by atoms with E-state index >= 15 is 0 Å². The van der Waals surface area contributed by atoms with Crippen LogP contribution in [0.2, 0.25) is 0 Å². The molecule has 1 aromatic carbocycles. The second kappa shape index (κ2) is 8.22. The third-order valence-electron chi connectivity index (χ3n) is 2.80. The van der Waals surface area contributed by atoms with Crippen LogP contribution in [0, 0.1) is 6.92 Å². The van der Waals surface area contributed by atoms with Crippen LogP contribution in [-0.4, -0.2) is 50.9 Å². The number of hydrogen-bond donors (Lipinski definition) is 0. The Kier molecular flexibility index (Phi) is 7.66. The topological polar surface area (TPSA) is 74.3 Å². The molecule has 0 unspecified atom stereocenters. The van der Waals surface area contributed by atoms with Crippen molar-refractivity contribution in [2.24, 2.45) is 0 Å². The van der Waals surface area contributed by atoms with Crippen LogP contribution in [0.25, 0.3) is 0 Å². The smallest absolute Gasteiger partial charge is 0.163 e. The monoisotopic (exact) mass is 327 g/mol. The lowest BCUT2D eigenvalue weighted by molar-refractivity contribution is -0.869. The Hall–Kier alpha value is -1.50. The third kappa shape index (κ3) is 9.44. The molecule has 0 spiro atoms. The van der Waals surface area contributed by atoms with Gasteiger partial charge in [0.05, 0.1) is 39.0 Å². The molecule has 5 nitrogen and oxygen atoms in total. The van der Waals surface area contributed by atoms with Gasteiger partial charge >= 0.3 is 0 Å². The number of Topliss-reactive ketones (excluding diaryl/α,β-unsaturated/α-hetero) is 1. The lowest BCUT2D eigenvalue weighted by Crippen LogP contribution is -2.36. The van der Waals surface area contributed by atoms with Crippen LogP contribution in [0.1, 0.15) is 18.9 Å². The van der Waals surface area contributed by atoms with Gasteiger partial charge in [0.15, 0.2) is 5.78 Å². The number of ketones is 1. The molecule has 0 saturated heterocycles. The molecular weight excluding hydrogens is 302 g/mol. The first-order chi connectivity index (χ1) is 9.83. The maximum Gasteiger partial charge on any atom is 0.163 e. The number of carbonyl (C=O) groups is 1. The maximum atomic E-state index is 11.1. The Morgan fingerprint density at radius 1 is 1.18 bits per heavy atom. The zero-order chi connectivity index (χ0) is 17.6. The van der Waals surface area contributed by atoms with E-state index in [2.05, 4.69) is 27.7 Å². The van der Waals surface area contributed by atoms with Crippen molar-refractivity contribution in [3.63, 3.8) is 0 Å². The van der Waals surface area contributed by atoms with Gasteiger partial charge in [-0.3, -0.25) is 4.79 Å². The number of benzene rings is 1. The number of hydrogen-bond acceptors (Lipinski definition) is 4. The van der Waals surface area contributed by atoms with Gasteiger partial charge in [0.25, 0.3) is 0 Å². The molecule has 0 radical (unpaired) electrons. The summed E-state index contributed by atoms with van der Waals surface area (Å²) in [6.07, 6.45) is 0.610. The third-order valence-corrected chi connectivity index (χ3v) is 3.64. The summed E-state index contributed by atoms with van der Waals surface area (Å²) in [6, 6.07) is 5.78. The highest BCUT2D eigenvalue weighted by Crippen LogP contribution is 2.08. The lowest BCUT2D eigenvalue weighted by atomic mass is 10.1. The summed E-state index contributed by atoms with van der Waals surface area (Å²) in [4.78, 5) is 10.9. The number of aryl methyl sites for hydroxylation is 1. The highest BCUT2D eigenvalue weighted by Gasteiger charge is 2.10. The van der Waals surface area contributed by atoms with Crippen LogP contribution in [-0.2, 0) is 14.9 Å². The Morgan fingerprint density at radius 2 is 1.64 bits per heavy atom. The number of quaternary nitrogens is 1. The highest BCUT2D eigenvalue weighted by molar-refractivity contribution is 7.85. The summed E-state index contributed by atoms with van der Waals surface area (Å²) in [5.41, 5.74) is 1.59. The lowest BCUT2D eigenvalue weighted by Gasteiger charge is -2.23. The molecule has 0 fully saturated rings. The van der Waals surface area contributed by atoms with Crippen LogP contribution in [0.3, 0.4) is 0 Å². The van der Waals surface area contributed by atoms with Crippen LogP contribution in [0.4, 0.5) is 0 Å². The van der Waals surface area contributed by atoms with Crippen molar-refractivity contribution >= 4 is 15.9 Å². The van der Waals surface area contributed by atoms with Gasteiger partial charge < -0.3 is 9.04 Å². The minimum Gasteiger partial charge on any atom is -0.744 e. The number of carbonyl (C=O) groups excluding carboxylic acids is 1. The Labute approximate surface area is 133 Å². The molecule has 0 heterocycles. The van der Waals surface area contributed by atoms with Crippen LogP contribution in [0.15, 0.2) is 41.3 Å². The van der Waals surface area contributed by atoms with Crippen molar-refractivity contribution in [2.75, 3.05) is 27.7 Å². The van der Waals surface area contributed by atoms with Crippen molar-refractivity contribution < 1.29 is 22.2 Å². The summed E-state index contributed by atoms with van der Waals surface area (Å²) in [7, 11) is 1.96. The highest BCUT2D eigenvalue weighted by atomic mass is 32.2. The fourth-order valence-electron chi connectivity index (χ4n) is 1.36. The van der Waals surface area contributed by atoms with E-state index in [1.54, 1.807) is 19.1 Å². The summed E-state index contributed by atoms with van der Waals surface area (Å²) < 4.78 is 32.0. The van der Waals surface area contributed by atoms with Crippen molar-refractivity contribution in [3.05, 3.63) is 42.0 Å². The fraction of sp³-hybridized carbons (Fsp3) is 0.438. The van der Waals surface area contributed by atoms with E-state index in [-0.39, 0.29) is 10.7 Å². The second-order valence-electron chi connectivity index (χ2n) is 6.23. The molecule has 22 heavy (non-hydrogen) atoms. The molecule has 0 bridgehead atoms. The van der Waals surface area contributed by atoms with Gasteiger partial charge in [-0.2, -0.15) is 0 Å². The molecule has 0 aliphatic heterocycles. The predicted molar refractivity (Wildman–Crippen MR) is 86.5 cm³/mol. The maximum absolute atomic E-state index is 11.1. The first-order valence-electron chi connectivity index (χ1n) is 6.84. The Balaban J connectivity index is 0.000000401. The minimum atomic E-state index is -4.27. The molecule has 0 N–H and O–H groups in total. The van der Waals surface area contributed by atoms with Crippen molar-refractivity contribution in [3.8, 4) is 0 Å². The van der Waals surface area contributed by atoms with Crippen LogP contribution < -0.4 is 0 Å². The van der Waals surface area contributed by atoms with Crippen molar-refractivity contribution in [1.82, 2.24) is 0 Å². The molecule has 0 aromatic heterocycles. The Morgan fingerprint density at radius 3 is 1.95 bits per heavy atom. The molecule has 0 aliphatic carbocycles. The largest absolute Gasteiger partial charge is 0.744 e. The van der Waals surface area contributed by atoms with E-state index in [9.17, 15) is 17.8 Å². The summed E-state index contributed by atoms with van der Waals surface area (Å²) in [5, 5.41) is 0. The molecule has 0 atom stereocenters. The van der Waals surface area contributed by atoms with Gasteiger partial charge in [0.2, 0.25) is 0 Å². The predicted octanol–water partition coefficient (Wildman–Crippen LogP) is 2.13. The van der Waals surface area contributed by atoms with E-state index in [4.69, 9.17) is 0 Å². The van der Waals surface area contributed by atoms with E-state index in [1.165, 1.54) is 12.1 Å². The van der Waals surface area contributed by atoms with Crippen LogP contribution >= 0.6 is 0 Å². The molecular formula is C16H25NO4S. The van der Waals surface area contributed by atoms with Crippen molar-refractivity contribution in [2.45, 2.75) is 25.2 Å². The molecule has 124 valence electrons. The van der Waals surface area contributed by atoms with E-state index < -0.39 is 10.1 Å². The average Bonchev–Trinajstić information content (AvgIpc) is 2.35. The van der Waals surface area contributed by atoms with Gasteiger partial charge in [-0.05, 0) is 31.6 Å². The van der Waals surface area contributed by atoms with Gasteiger partial charge in [-0.25, -0.2) is 8.42 Å². The zero-order valence-electron chi connectivity index (χ0n) is 13.9. The molecule has 1 rings (SSSR count). The second-order valence-corrected chi connectivity index (χ2v) is 7.61. The summed E-state index contributed by atoms with van der Waals surface area (Å²) in [5.74, 6) is 0.179. The number of rotatable bonds is 5. The first-order valence-corrected chi connectivity index (χ1v) is 8.25. The SMILES string of the molecule is C=C(C)C(=O)CC[N+](C)(C)C.Cc1ccc(S(=O)(=O)[O-])cc1. The molecule has 0 saturated carbocycles.